The van der Waals surface area contributed by atoms with Gasteiger partial charge in [-0.15, -0.1) is 0 Å². The summed E-state index contributed by atoms with van der Waals surface area (Å²) in [6.45, 7) is 3.62. The molecule has 3 unspecified atom stereocenters. The van der Waals surface area contributed by atoms with Crippen molar-refractivity contribution in [3.8, 4) is 0 Å². The minimum atomic E-state index is -0.779. The molecule has 12 heteroatoms. The number of rotatable bonds is 7. The second-order valence-corrected chi connectivity index (χ2v) is 13.5. The number of aryl methyl sites for hydroxylation is 1. The Labute approximate surface area is 269 Å². The van der Waals surface area contributed by atoms with Crippen molar-refractivity contribution in [2.75, 3.05) is 16.8 Å². The fourth-order valence-corrected chi connectivity index (χ4v) is 8.70. The highest BCUT2D eigenvalue weighted by Crippen LogP contribution is 2.54. The first-order valence-corrected chi connectivity index (χ1v) is 16.3. The van der Waals surface area contributed by atoms with Gasteiger partial charge in [0.2, 0.25) is 17.7 Å². The maximum absolute atomic E-state index is 14.0. The molecule has 1 fully saturated rings. The molecule has 2 aliphatic rings. The predicted octanol–water partition coefficient (Wildman–Crippen LogP) is 5.59. The molecule has 0 aliphatic carbocycles. The number of thioether (sulfide) groups is 1. The monoisotopic (exact) mass is 691 g/mol. The molecule has 1 aromatic heterocycles. The van der Waals surface area contributed by atoms with Crippen LogP contribution in [0.4, 0.5) is 11.4 Å². The summed E-state index contributed by atoms with van der Waals surface area (Å²) in [7, 11) is 0. The van der Waals surface area contributed by atoms with Crippen molar-refractivity contribution in [1.82, 2.24) is 4.57 Å². The van der Waals surface area contributed by atoms with Crippen LogP contribution < -0.4 is 15.1 Å². The van der Waals surface area contributed by atoms with Crippen LogP contribution in [0.5, 0.6) is 0 Å². The topological polar surface area (TPSA) is 115 Å². The maximum atomic E-state index is 14.0. The number of esters is 1. The van der Waals surface area contributed by atoms with Gasteiger partial charge in [0.15, 0.2) is 0 Å². The van der Waals surface area contributed by atoms with Crippen LogP contribution >= 0.6 is 39.0 Å². The first-order chi connectivity index (χ1) is 21.2. The number of nitrogens with one attached hydrogen (secondary N) is 1. The SMILES string of the molecule is CCOC(=O)c1ccc(NC(=O)Cn2c3c(sc2=O)C(c2cccc(Br)c2)C2C(=O)N(c4ccc(C)cc4)C(=O)C2S3)cc1. The van der Waals surface area contributed by atoms with E-state index in [1.54, 1.807) is 43.3 Å². The lowest BCUT2D eigenvalue weighted by molar-refractivity contribution is -0.122. The quantitative estimate of drug-likeness (QED) is 0.198. The number of benzene rings is 3. The van der Waals surface area contributed by atoms with Gasteiger partial charge in [0.1, 0.15) is 11.8 Å². The lowest BCUT2D eigenvalue weighted by atomic mass is 9.83. The van der Waals surface area contributed by atoms with Gasteiger partial charge in [0.05, 0.1) is 28.8 Å². The molecule has 224 valence electrons. The van der Waals surface area contributed by atoms with Crippen LogP contribution in [0.15, 0.2) is 87.1 Å². The normalized spacial score (nSPS) is 19.0. The van der Waals surface area contributed by atoms with Crippen molar-refractivity contribution >= 4 is 74.1 Å². The Morgan fingerprint density at radius 3 is 2.39 bits per heavy atom. The van der Waals surface area contributed by atoms with Gasteiger partial charge in [0.25, 0.3) is 0 Å². The fraction of sp³-hybridized carbons (Fsp3) is 0.219. The molecule has 0 bridgehead atoms. The molecule has 3 amide bonds. The van der Waals surface area contributed by atoms with Crippen LogP contribution in [0.1, 0.15) is 39.2 Å². The lowest BCUT2D eigenvalue weighted by Crippen LogP contribution is -2.33. The number of carbonyl (C=O) groups is 4. The first kappa shape index (κ1) is 30.0. The zero-order valence-corrected chi connectivity index (χ0v) is 26.8. The smallest absolute Gasteiger partial charge is 0.338 e. The number of halogens is 1. The largest absolute Gasteiger partial charge is 0.462 e. The van der Waals surface area contributed by atoms with Crippen LogP contribution in [0, 0.1) is 12.8 Å². The van der Waals surface area contributed by atoms with Crippen molar-refractivity contribution in [3.63, 3.8) is 0 Å². The third-order valence-electron chi connectivity index (χ3n) is 7.53. The van der Waals surface area contributed by atoms with E-state index in [2.05, 4.69) is 21.2 Å². The minimum absolute atomic E-state index is 0.253. The lowest BCUT2D eigenvalue weighted by Gasteiger charge is -2.30. The number of amides is 3. The summed E-state index contributed by atoms with van der Waals surface area (Å²) < 4.78 is 7.18. The molecule has 4 aromatic rings. The molecular weight excluding hydrogens is 666 g/mol. The second kappa shape index (κ2) is 12.2. The van der Waals surface area contributed by atoms with E-state index in [-0.39, 0.29) is 29.8 Å². The highest BCUT2D eigenvalue weighted by Gasteiger charge is 2.56. The van der Waals surface area contributed by atoms with E-state index in [1.807, 2.05) is 43.3 Å². The van der Waals surface area contributed by atoms with E-state index < -0.39 is 29.0 Å². The second-order valence-electron chi connectivity index (χ2n) is 10.4. The molecule has 0 saturated carbocycles. The summed E-state index contributed by atoms with van der Waals surface area (Å²) in [4.78, 5) is 67.9. The van der Waals surface area contributed by atoms with Crippen LogP contribution in [0.2, 0.25) is 0 Å². The highest BCUT2D eigenvalue weighted by molar-refractivity contribution is 9.10. The standard InChI is InChI=1S/C32H26BrN3O6S2/c1-3-42-31(40)18-9-11-21(12-10-18)34-23(37)16-35-30-27(44-32(35)41)24(19-5-4-6-20(33)15-19)25-26(43-30)29(39)36(28(25)38)22-13-7-17(2)8-14-22/h4-15,24-26H,3,16H2,1-2H3,(H,34,37). The summed E-state index contributed by atoms with van der Waals surface area (Å²) >= 11 is 5.68. The summed E-state index contributed by atoms with van der Waals surface area (Å²) in [6.07, 6.45) is 0. The van der Waals surface area contributed by atoms with Crippen LogP contribution in [0.3, 0.4) is 0 Å². The summed E-state index contributed by atoms with van der Waals surface area (Å²) in [5.41, 5.74) is 3.11. The van der Waals surface area contributed by atoms with Crippen molar-refractivity contribution in [2.24, 2.45) is 5.92 Å². The van der Waals surface area contributed by atoms with Crippen molar-refractivity contribution in [3.05, 3.63) is 109 Å². The van der Waals surface area contributed by atoms with Crippen LogP contribution in [0.25, 0.3) is 0 Å². The fourth-order valence-electron chi connectivity index (χ4n) is 5.51. The average molecular weight is 693 g/mol. The first-order valence-electron chi connectivity index (χ1n) is 13.8. The molecule has 44 heavy (non-hydrogen) atoms. The van der Waals surface area contributed by atoms with Gasteiger partial charge in [-0.3, -0.25) is 23.7 Å². The van der Waals surface area contributed by atoms with Crippen LogP contribution in [-0.2, 0) is 25.7 Å². The van der Waals surface area contributed by atoms with Crippen LogP contribution in [-0.4, -0.2) is 40.1 Å². The predicted molar refractivity (Wildman–Crippen MR) is 172 cm³/mol. The van der Waals surface area contributed by atoms with Gasteiger partial charge in [0, 0.05) is 21.0 Å². The summed E-state index contributed by atoms with van der Waals surface area (Å²) in [5, 5.41) is 2.49. The number of hydrogen-bond donors (Lipinski definition) is 1. The molecule has 3 atom stereocenters. The van der Waals surface area contributed by atoms with Crippen molar-refractivity contribution < 1.29 is 23.9 Å². The molecule has 2 aliphatic heterocycles. The van der Waals surface area contributed by atoms with Gasteiger partial charge in [-0.25, -0.2) is 9.69 Å². The van der Waals surface area contributed by atoms with Gasteiger partial charge >= 0.3 is 10.8 Å². The average Bonchev–Trinajstić information content (AvgIpc) is 3.44. The number of ether oxygens (including phenoxy) is 1. The Balaban J connectivity index is 1.33. The molecule has 3 heterocycles. The Morgan fingerprint density at radius 2 is 1.70 bits per heavy atom. The Kier molecular flexibility index (Phi) is 8.32. The molecule has 1 saturated heterocycles. The van der Waals surface area contributed by atoms with E-state index in [0.717, 1.165) is 26.9 Å². The van der Waals surface area contributed by atoms with Crippen molar-refractivity contribution in [2.45, 2.75) is 36.6 Å². The Morgan fingerprint density at radius 1 is 0.977 bits per heavy atom. The van der Waals surface area contributed by atoms with Gasteiger partial charge in [-0.05, 0) is 67.9 Å². The molecule has 9 nitrogen and oxygen atoms in total. The number of anilines is 2. The number of nitrogens with zero attached hydrogens (tertiary/aromatic N) is 2. The maximum Gasteiger partial charge on any atom is 0.338 e. The Bertz CT molecular complexity index is 1850. The third kappa shape index (κ3) is 5.53. The number of fused-ring (bicyclic) bond motifs is 2. The summed E-state index contributed by atoms with van der Waals surface area (Å²) in [6, 6.07) is 21.0. The number of thiazole rings is 1. The number of carbonyl (C=O) groups excluding carboxylic acids is 4. The number of imide groups is 1. The molecule has 0 spiro atoms. The zero-order chi connectivity index (χ0) is 31.1. The van der Waals surface area contributed by atoms with E-state index in [1.165, 1.54) is 21.2 Å². The number of aromatic nitrogens is 1. The minimum Gasteiger partial charge on any atom is -0.462 e. The molecule has 0 radical (unpaired) electrons. The molecule has 3 aromatic carbocycles. The van der Waals surface area contributed by atoms with Crippen molar-refractivity contribution in [1.29, 1.82) is 0 Å². The van der Waals surface area contributed by atoms with Gasteiger partial charge < -0.3 is 10.1 Å². The zero-order valence-electron chi connectivity index (χ0n) is 23.6. The van der Waals surface area contributed by atoms with Gasteiger partial charge in [-0.2, -0.15) is 0 Å². The molecule has 6 rings (SSSR count). The summed E-state index contributed by atoms with van der Waals surface area (Å²) in [5.74, 6) is -2.86. The van der Waals surface area contributed by atoms with E-state index in [0.29, 0.717) is 26.8 Å². The highest BCUT2D eigenvalue weighted by atomic mass is 79.9. The van der Waals surface area contributed by atoms with E-state index in [9.17, 15) is 24.0 Å². The third-order valence-corrected chi connectivity index (χ3v) is 10.6. The molecular formula is C32H26BrN3O6S2. The Hall–Kier alpha value is -4.00. The molecule has 1 N–H and O–H groups in total. The van der Waals surface area contributed by atoms with E-state index >= 15 is 0 Å². The number of hydrogen-bond acceptors (Lipinski definition) is 8. The van der Waals surface area contributed by atoms with E-state index in [4.69, 9.17) is 4.74 Å². The van der Waals surface area contributed by atoms with Gasteiger partial charge in [-0.1, -0.05) is 68.9 Å².